The van der Waals surface area contributed by atoms with Crippen LogP contribution in [0.3, 0.4) is 0 Å². The molecule has 0 radical (unpaired) electrons. The van der Waals surface area contributed by atoms with Crippen LogP contribution < -0.4 is 9.47 Å². The van der Waals surface area contributed by atoms with Crippen molar-refractivity contribution in [2.75, 3.05) is 46.4 Å². The number of methoxy groups -OCH3 is 1. The molecule has 1 aliphatic heterocycles. The molecule has 0 N–H and O–H groups in total. The van der Waals surface area contributed by atoms with Gasteiger partial charge in [0.05, 0.1) is 7.11 Å². The number of ether oxygens (including phenoxy) is 2. The largest absolute Gasteiger partial charge is 0.497 e. The molecule has 6 nitrogen and oxygen atoms in total. The Labute approximate surface area is 159 Å². The topological polar surface area (TPSA) is 59.1 Å². The predicted molar refractivity (Wildman–Crippen MR) is 100 cm³/mol. The maximum absolute atomic E-state index is 13.9. The van der Waals surface area contributed by atoms with Crippen molar-refractivity contribution < 1.29 is 22.3 Å². The molecule has 146 valence electrons. The van der Waals surface area contributed by atoms with Crippen LogP contribution in [0, 0.1) is 5.82 Å². The number of sulfonamides is 1. The van der Waals surface area contributed by atoms with Crippen LogP contribution in [0.2, 0.25) is 0 Å². The number of rotatable bonds is 7. The maximum atomic E-state index is 13.9. The molecular formula is C19H23FN2O4S. The highest BCUT2D eigenvalue weighted by Crippen LogP contribution is 2.20. The number of hydrogen-bond acceptors (Lipinski definition) is 5. The lowest BCUT2D eigenvalue weighted by Gasteiger charge is -2.33. The third kappa shape index (κ3) is 4.77. The zero-order valence-electron chi connectivity index (χ0n) is 15.2. The second-order valence-corrected chi connectivity index (χ2v) is 8.11. The number of piperazine rings is 1. The first-order valence-electron chi connectivity index (χ1n) is 8.74. The molecule has 3 rings (SSSR count). The zero-order valence-corrected chi connectivity index (χ0v) is 16.0. The first kappa shape index (κ1) is 19.6. The highest BCUT2D eigenvalue weighted by molar-refractivity contribution is 7.89. The van der Waals surface area contributed by atoms with E-state index in [9.17, 15) is 12.8 Å². The molecule has 0 aromatic heterocycles. The van der Waals surface area contributed by atoms with Gasteiger partial charge >= 0.3 is 0 Å². The third-order valence-corrected chi connectivity index (χ3v) is 6.45. The van der Waals surface area contributed by atoms with Crippen molar-refractivity contribution in [2.45, 2.75) is 4.90 Å². The molecule has 0 amide bonds. The monoisotopic (exact) mass is 394 g/mol. The van der Waals surface area contributed by atoms with E-state index in [4.69, 9.17) is 9.47 Å². The number of nitrogens with zero attached hydrogens (tertiary/aromatic N) is 2. The van der Waals surface area contributed by atoms with E-state index in [1.165, 1.54) is 28.6 Å². The zero-order chi connectivity index (χ0) is 19.3. The fourth-order valence-electron chi connectivity index (χ4n) is 2.95. The molecule has 2 aromatic carbocycles. The molecule has 0 unspecified atom stereocenters. The van der Waals surface area contributed by atoms with Gasteiger partial charge in [0, 0.05) is 32.7 Å². The second kappa shape index (κ2) is 8.69. The molecule has 1 saturated heterocycles. The van der Waals surface area contributed by atoms with Gasteiger partial charge in [0.15, 0.2) is 0 Å². The van der Waals surface area contributed by atoms with Crippen LogP contribution >= 0.6 is 0 Å². The molecular weight excluding hydrogens is 371 g/mol. The van der Waals surface area contributed by atoms with E-state index in [-0.39, 0.29) is 4.90 Å². The summed E-state index contributed by atoms with van der Waals surface area (Å²) in [6.45, 7) is 3.03. The summed E-state index contributed by atoms with van der Waals surface area (Å²) in [5, 5.41) is 0. The van der Waals surface area contributed by atoms with E-state index in [1.807, 2.05) is 24.3 Å². The van der Waals surface area contributed by atoms with Crippen LogP contribution in [0.15, 0.2) is 53.4 Å². The van der Waals surface area contributed by atoms with E-state index < -0.39 is 15.8 Å². The van der Waals surface area contributed by atoms with Crippen LogP contribution in [0.5, 0.6) is 11.5 Å². The van der Waals surface area contributed by atoms with Crippen LogP contribution in [0.1, 0.15) is 0 Å². The fourth-order valence-corrected chi connectivity index (χ4v) is 4.44. The number of hydrogen-bond donors (Lipinski definition) is 0. The Morgan fingerprint density at radius 2 is 1.59 bits per heavy atom. The number of halogens is 1. The minimum absolute atomic E-state index is 0.263. The molecule has 1 heterocycles. The average molecular weight is 394 g/mol. The van der Waals surface area contributed by atoms with Crippen molar-refractivity contribution in [1.29, 1.82) is 0 Å². The molecule has 1 fully saturated rings. The Balaban J connectivity index is 1.48. The molecule has 0 aliphatic carbocycles. The van der Waals surface area contributed by atoms with E-state index >= 15 is 0 Å². The Morgan fingerprint density at radius 1 is 0.963 bits per heavy atom. The number of benzene rings is 2. The summed E-state index contributed by atoms with van der Waals surface area (Å²) < 4.78 is 51.2. The average Bonchev–Trinajstić information content (AvgIpc) is 2.69. The highest BCUT2D eigenvalue weighted by atomic mass is 32.2. The van der Waals surface area contributed by atoms with Gasteiger partial charge in [-0.2, -0.15) is 4.31 Å². The lowest BCUT2D eigenvalue weighted by atomic mass is 10.3. The molecule has 0 atom stereocenters. The van der Waals surface area contributed by atoms with Crippen molar-refractivity contribution >= 4 is 10.0 Å². The normalized spacial score (nSPS) is 16.2. The van der Waals surface area contributed by atoms with Crippen molar-refractivity contribution in [3.63, 3.8) is 0 Å². The van der Waals surface area contributed by atoms with E-state index in [1.54, 1.807) is 7.11 Å². The lowest BCUT2D eigenvalue weighted by molar-refractivity contribution is 0.158. The van der Waals surface area contributed by atoms with Crippen LogP contribution in [-0.2, 0) is 10.0 Å². The predicted octanol–water partition coefficient (Wildman–Crippen LogP) is 2.22. The summed E-state index contributed by atoms with van der Waals surface area (Å²) in [6, 6.07) is 12.8. The van der Waals surface area contributed by atoms with Gasteiger partial charge < -0.3 is 9.47 Å². The molecule has 27 heavy (non-hydrogen) atoms. The summed E-state index contributed by atoms with van der Waals surface area (Å²) >= 11 is 0. The van der Waals surface area contributed by atoms with Crippen molar-refractivity contribution in [1.82, 2.24) is 9.21 Å². The smallest absolute Gasteiger partial charge is 0.246 e. The highest BCUT2D eigenvalue weighted by Gasteiger charge is 2.30. The SMILES string of the molecule is COc1ccc(OCCN2CCN(S(=O)(=O)c3ccccc3F)CC2)cc1. The van der Waals surface area contributed by atoms with E-state index in [2.05, 4.69) is 4.90 Å². The van der Waals surface area contributed by atoms with Gasteiger partial charge in [-0.05, 0) is 36.4 Å². The van der Waals surface area contributed by atoms with Gasteiger partial charge in [0.1, 0.15) is 28.8 Å². The van der Waals surface area contributed by atoms with Crippen LogP contribution in [0.4, 0.5) is 4.39 Å². The van der Waals surface area contributed by atoms with Gasteiger partial charge in [0.2, 0.25) is 10.0 Å². The van der Waals surface area contributed by atoms with Gasteiger partial charge in [-0.3, -0.25) is 4.90 Å². The Bertz CT molecular complexity index is 850. The summed E-state index contributed by atoms with van der Waals surface area (Å²) in [5.41, 5.74) is 0. The lowest BCUT2D eigenvalue weighted by Crippen LogP contribution is -2.49. The second-order valence-electron chi connectivity index (χ2n) is 6.20. The summed E-state index contributed by atoms with van der Waals surface area (Å²) in [4.78, 5) is 1.87. The van der Waals surface area contributed by atoms with Gasteiger partial charge in [-0.15, -0.1) is 0 Å². The summed E-state index contributed by atoms with van der Waals surface area (Å²) in [6.07, 6.45) is 0. The first-order valence-corrected chi connectivity index (χ1v) is 10.2. The van der Waals surface area contributed by atoms with Crippen molar-refractivity contribution in [3.8, 4) is 11.5 Å². The Morgan fingerprint density at radius 3 is 2.22 bits per heavy atom. The minimum Gasteiger partial charge on any atom is -0.497 e. The Kier molecular flexibility index (Phi) is 6.30. The Hall–Kier alpha value is -2.16. The quantitative estimate of drug-likeness (QED) is 0.721. The van der Waals surface area contributed by atoms with Crippen molar-refractivity contribution in [2.24, 2.45) is 0 Å². The minimum atomic E-state index is -3.80. The standard InChI is InChI=1S/C19H23FN2O4S/c1-25-16-6-8-17(9-7-16)26-15-14-21-10-12-22(13-11-21)27(23,24)19-5-3-2-4-18(19)20/h2-9H,10-15H2,1H3. The molecule has 8 heteroatoms. The summed E-state index contributed by atoms with van der Waals surface area (Å²) in [5.74, 6) is 0.818. The third-order valence-electron chi connectivity index (χ3n) is 4.52. The van der Waals surface area contributed by atoms with Gasteiger partial charge in [-0.25, -0.2) is 12.8 Å². The van der Waals surface area contributed by atoms with Gasteiger partial charge in [0.25, 0.3) is 0 Å². The van der Waals surface area contributed by atoms with E-state index in [0.29, 0.717) is 39.3 Å². The molecule has 1 aliphatic rings. The first-order chi connectivity index (χ1) is 13.0. The molecule has 0 spiro atoms. The maximum Gasteiger partial charge on any atom is 0.246 e. The van der Waals surface area contributed by atoms with Crippen molar-refractivity contribution in [3.05, 3.63) is 54.3 Å². The molecule has 0 saturated carbocycles. The molecule has 2 aromatic rings. The summed E-state index contributed by atoms with van der Waals surface area (Å²) in [7, 11) is -2.18. The van der Waals surface area contributed by atoms with Gasteiger partial charge in [-0.1, -0.05) is 12.1 Å². The van der Waals surface area contributed by atoms with E-state index in [0.717, 1.165) is 11.5 Å². The fraction of sp³-hybridized carbons (Fsp3) is 0.368. The van der Waals surface area contributed by atoms with Crippen LogP contribution in [0.25, 0.3) is 0 Å². The molecule has 0 bridgehead atoms. The van der Waals surface area contributed by atoms with Crippen LogP contribution in [-0.4, -0.2) is 64.1 Å².